The first-order chi connectivity index (χ1) is 21.6. The molecule has 232 valence electrons. The molecule has 0 bridgehead atoms. The number of nitrogens with zero attached hydrogens (tertiary/aromatic N) is 4. The summed E-state index contributed by atoms with van der Waals surface area (Å²) in [5.41, 5.74) is 4.96. The van der Waals surface area contributed by atoms with E-state index in [1.165, 1.54) is 10.2 Å². The molecule has 3 aliphatic rings. The van der Waals surface area contributed by atoms with Crippen LogP contribution >= 0.6 is 0 Å². The normalized spacial score (nSPS) is 22.2. The van der Waals surface area contributed by atoms with Gasteiger partial charge in [-0.1, -0.05) is 36.1 Å². The number of anilines is 1. The molecule has 3 aliphatic heterocycles. The zero-order valence-electron chi connectivity index (χ0n) is 25.9. The van der Waals surface area contributed by atoms with Crippen molar-refractivity contribution in [2.45, 2.75) is 44.1 Å². The summed E-state index contributed by atoms with van der Waals surface area (Å²) in [5.74, 6) is 6.14. The summed E-state index contributed by atoms with van der Waals surface area (Å²) >= 11 is 0. The number of piperidine rings is 2. The van der Waals surface area contributed by atoms with Crippen molar-refractivity contribution in [3.63, 3.8) is 0 Å². The molecule has 0 radical (unpaired) electrons. The monoisotopic (exact) mass is 606 g/mol. The molecule has 0 aliphatic carbocycles. The van der Waals surface area contributed by atoms with Crippen molar-refractivity contribution in [2.75, 3.05) is 38.5 Å². The minimum Gasteiger partial charge on any atom is -0.379 e. The van der Waals surface area contributed by atoms with Crippen LogP contribution in [0.2, 0.25) is 0 Å². The van der Waals surface area contributed by atoms with Crippen molar-refractivity contribution in [2.24, 2.45) is 13.0 Å². The number of hydrogen-bond donors (Lipinski definition) is 2. The molecule has 10 nitrogen and oxygen atoms in total. The molecular weight excluding hydrogens is 568 g/mol. The largest absolute Gasteiger partial charge is 0.379 e. The summed E-state index contributed by atoms with van der Waals surface area (Å²) < 4.78 is 1.35. The maximum absolute atomic E-state index is 13.1. The third kappa shape index (κ3) is 6.69. The number of likely N-dealkylation sites (N-methyl/N-ethyl adjacent to an activating group) is 1. The highest BCUT2D eigenvalue weighted by Crippen LogP contribution is 2.29. The van der Waals surface area contributed by atoms with Crippen LogP contribution in [0.4, 0.5) is 5.69 Å². The SMILES string of the molecule is Cc1c(N[C@@H]2C[C@H](c3ccc(C(=O)N4CC(C#Cc5ccc(C6CCC(=O)NC6=O)cc5)C4)cc3)CN(C)C2)cnn(C)c1=O. The number of rotatable bonds is 5. The van der Waals surface area contributed by atoms with Gasteiger partial charge in [-0.05, 0) is 68.1 Å². The van der Waals surface area contributed by atoms with E-state index in [0.717, 1.165) is 36.3 Å². The lowest BCUT2D eigenvalue weighted by molar-refractivity contribution is -0.134. The second-order valence-corrected chi connectivity index (χ2v) is 12.5. The second kappa shape index (κ2) is 12.7. The first kappa shape index (κ1) is 30.3. The lowest BCUT2D eigenvalue weighted by Crippen LogP contribution is -2.49. The molecule has 1 aromatic heterocycles. The smallest absolute Gasteiger partial charge is 0.271 e. The Labute approximate surface area is 262 Å². The zero-order chi connectivity index (χ0) is 31.7. The highest BCUT2D eigenvalue weighted by atomic mass is 16.2. The van der Waals surface area contributed by atoms with Gasteiger partial charge in [-0.3, -0.25) is 24.5 Å². The third-order valence-electron chi connectivity index (χ3n) is 9.14. The number of benzene rings is 2. The first-order valence-electron chi connectivity index (χ1n) is 15.5. The van der Waals surface area contributed by atoms with E-state index in [1.54, 1.807) is 13.2 Å². The zero-order valence-corrected chi connectivity index (χ0v) is 25.9. The average Bonchev–Trinajstić information content (AvgIpc) is 3.01. The first-order valence-corrected chi connectivity index (χ1v) is 15.5. The Bertz CT molecular complexity index is 1730. The van der Waals surface area contributed by atoms with Crippen molar-refractivity contribution in [3.05, 3.63) is 92.9 Å². The van der Waals surface area contributed by atoms with Gasteiger partial charge in [-0.2, -0.15) is 5.10 Å². The van der Waals surface area contributed by atoms with Gasteiger partial charge in [0.15, 0.2) is 0 Å². The van der Waals surface area contributed by atoms with E-state index in [0.29, 0.717) is 43.0 Å². The number of imide groups is 1. The fourth-order valence-corrected chi connectivity index (χ4v) is 6.49. The van der Waals surface area contributed by atoms with E-state index in [1.807, 2.05) is 48.2 Å². The second-order valence-electron chi connectivity index (χ2n) is 12.5. The van der Waals surface area contributed by atoms with Crippen LogP contribution < -0.4 is 16.2 Å². The van der Waals surface area contributed by atoms with Crippen LogP contribution in [-0.4, -0.2) is 76.6 Å². The lowest BCUT2D eigenvalue weighted by atomic mass is 9.87. The Balaban J connectivity index is 1.01. The predicted molar refractivity (Wildman–Crippen MR) is 171 cm³/mol. The van der Waals surface area contributed by atoms with E-state index < -0.39 is 0 Å². The number of likely N-dealkylation sites (tertiary alicyclic amines) is 2. The van der Waals surface area contributed by atoms with Gasteiger partial charge in [-0.25, -0.2) is 4.68 Å². The van der Waals surface area contributed by atoms with Crippen LogP contribution in [0.5, 0.6) is 0 Å². The summed E-state index contributed by atoms with van der Waals surface area (Å²) in [6.45, 7) is 4.81. The van der Waals surface area contributed by atoms with Gasteiger partial charge < -0.3 is 15.1 Å². The molecule has 0 saturated carbocycles. The molecule has 3 amide bonds. The summed E-state index contributed by atoms with van der Waals surface area (Å²) in [6.07, 6.45) is 3.51. The Morgan fingerprint density at radius 2 is 1.67 bits per heavy atom. The van der Waals surface area contributed by atoms with E-state index >= 15 is 0 Å². The molecule has 3 fully saturated rings. The van der Waals surface area contributed by atoms with Crippen LogP contribution in [0.1, 0.15) is 63.7 Å². The molecule has 3 saturated heterocycles. The molecule has 1 unspecified atom stereocenters. The number of carbonyl (C=O) groups is 3. The maximum atomic E-state index is 13.1. The molecule has 45 heavy (non-hydrogen) atoms. The summed E-state index contributed by atoms with van der Waals surface area (Å²) in [7, 11) is 3.76. The quantitative estimate of drug-likeness (QED) is 0.339. The molecular formula is C35H38N6O4. The van der Waals surface area contributed by atoms with E-state index in [4.69, 9.17) is 0 Å². The van der Waals surface area contributed by atoms with E-state index in [9.17, 15) is 19.2 Å². The summed E-state index contributed by atoms with van der Waals surface area (Å²) in [4.78, 5) is 53.1. The summed E-state index contributed by atoms with van der Waals surface area (Å²) in [6, 6.07) is 15.8. The average molecular weight is 607 g/mol. The van der Waals surface area contributed by atoms with Crippen molar-refractivity contribution < 1.29 is 14.4 Å². The van der Waals surface area contributed by atoms with Crippen LogP contribution in [0.3, 0.4) is 0 Å². The molecule has 3 atom stereocenters. The van der Waals surface area contributed by atoms with Crippen molar-refractivity contribution >= 4 is 23.4 Å². The highest BCUT2D eigenvalue weighted by molar-refractivity contribution is 6.01. The Morgan fingerprint density at radius 1 is 0.956 bits per heavy atom. The van der Waals surface area contributed by atoms with Crippen LogP contribution in [0.15, 0.2) is 59.5 Å². The van der Waals surface area contributed by atoms with Gasteiger partial charge in [0, 0.05) is 62.4 Å². The number of amides is 3. The lowest BCUT2D eigenvalue weighted by Gasteiger charge is -2.37. The number of carbonyl (C=O) groups excluding carboxylic acids is 3. The fraction of sp³-hybridized carbons (Fsp3) is 0.400. The van der Waals surface area contributed by atoms with Crippen molar-refractivity contribution in [3.8, 4) is 11.8 Å². The van der Waals surface area contributed by atoms with Crippen LogP contribution in [0.25, 0.3) is 0 Å². The van der Waals surface area contributed by atoms with E-state index in [2.05, 4.69) is 51.7 Å². The maximum Gasteiger partial charge on any atom is 0.271 e. The Kier molecular flexibility index (Phi) is 8.55. The number of nitrogens with one attached hydrogen (secondary N) is 2. The number of hydrogen-bond acceptors (Lipinski definition) is 7. The Morgan fingerprint density at radius 3 is 2.38 bits per heavy atom. The minimum absolute atomic E-state index is 0.0159. The van der Waals surface area contributed by atoms with Crippen LogP contribution in [0, 0.1) is 24.7 Å². The third-order valence-corrected chi connectivity index (χ3v) is 9.14. The van der Waals surface area contributed by atoms with Crippen molar-refractivity contribution in [1.29, 1.82) is 0 Å². The molecule has 10 heteroatoms. The van der Waals surface area contributed by atoms with Gasteiger partial charge in [0.2, 0.25) is 11.8 Å². The number of aromatic nitrogens is 2. The molecule has 3 aromatic rings. The molecule has 0 spiro atoms. The van der Waals surface area contributed by atoms with Gasteiger partial charge in [0.25, 0.3) is 11.5 Å². The predicted octanol–water partition coefficient (Wildman–Crippen LogP) is 2.63. The highest BCUT2D eigenvalue weighted by Gasteiger charge is 2.31. The van der Waals surface area contributed by atoms with E-state index in [-0.39, 0.29) is 41.2 Å². The summed E-state index contributed by atoms with van der Waals surface area (Å²) in [5, 5.41) is 10.1. The Hall–Kier alpha value is -4.75. The molecule has 2 aromatic carbocycles. The van der Waals surface area contributed by atoms with Gasteiger partial charge in [-0.15, -0.1) is 0 Å². The van der Waals surface area contributed by atoms with Crippen LogP contribution in [-0.2, 0) is 16.6 Å². The van der Waals surface area contributed by atoms with Gasteiger partial charge in [0.05, 0.1) is 23.7 Å². The minimum atomic E-state index is -0.303. The standard InChI is InChI=1S/C35H38N6O4/c1-22-31(17-36-40(3)34(22)44)37-29-16-28(20-39(2)21-29)25-10-12-27(13-11-25)35(45)41-18-24(19-41)5-4-23-6-8-26(9-7-23)30-14-15-32(42)38-33(30)43/h6-13,17,24,28-30,37H,14-16,18-21H2,1-3H3,(H,38,42,43)/t28-,29+,30?/m0/s1. The molecule has 2 N–H and O–H groups in total. The van der Waals surface area contributed by atoms with Crippen molar-refractivity contribution in [1.82, 2.24) is 24.9 Å². The number of aryl methyl sites for hydroxylation is 1. The molecule has 6 rings (SSSR count). The molecule has 4 heterocycles. The topological polar surface area (TPSA) is 117 Å². The van der Waals surface area contributed by atoms with Gasteiger partial charge >= 0.3 is 0 Å². The van der Waals surface area contributed by atoms with Gasteiger partial charge in [0.1, 0.15) is 0 Å². The fourth-order valence-electron chi connectivity index (χ4n) is 6.49.